The summed E-state index contributed by atoms with van der Waals surface area (Å²) in [5, 5.41) is 24.8. The van der Waals surface area contributed by atoms with Crippen molar-refractivity contribution in [2.75, 3.05) is 26.3 Å². The molecule has 3 aromatic carbocycles. The molecule has 0 saturated heterocycles. The molecule has 0 aliphatic carbocycles. The smallest absolute Gasteiger partial charge is 0.430 e. The molecule has 1 amide bonds. The molecule has 0 aromatic heterocycles. The van der Waals surface area contributed by atoms with Crippen molar-refractivity contribution in [1.82, 2.24) is 5.32 Å². The molecule has 0 radical (unpaired) electrons. The number of amides is 1. The molecule has 0 heterocycles. The summed E-state index contributed by atoms with van der Waals surface area (Å²) < 4.78 is 64.9. The first kappa shape index (κ1) is 41.4. The van der Waals surface area contributed by atoms with Gasteiger partial charge in [-0.05, 0) is 55.7 Å². The molecule has 48 heavy (non-hydrogen) atoms. The second-order valence-corrected chi connectivity index (χ2v) is 13.7. The van der Waals surface area contributed by atoms with Crippen LogP contribution in [-0.4, -0.2) is 67.0 Å². The number of unbranched alkanes of at least 4 members (excludes halogenated alkanes) is 1. The zero-order valence-electron chi connectivity index (χ0n) is 26.0. The quantitative estimate of drug-likeness (QED) is 0.0637. The van der Waals surface area contributed by atoms with E-state index >= 15 is 0 Å². The number of carbonyl (C=O) groups is 3. The predicted molar refractivity (Wildman–Crippen MR) is 168 cm³/mol. The molecular weight excluding hydrogens is 665 g/mol. The van der Waals surface area contributed by atoms with E-state index in [4.69, 9.17) is 31.3 Å². The van der Waals surface area contributed by atoms with Gasteiger partial charge in [-0.25, -0.2) is 0 Å². The van der Waals surface area contributed by atoms with Gasteiger partial charge in [-0.1, -0.05) is 54.6 Å². The largest absolute Gasteiger partial charge is 0.542 e. The van der Waals surface area contributed by atoms with Crippen LogP contribution in [0.3, 0.4) is 0 Å². The van der Waals surface area contributed by atoms with Crippen LogP contribution >= 0.6 is 7.26 Å². The summed E-state index contributed by atoms with van der Waals surface area (Å²) >= 11 is 0. The Balaban J connectivity index is 0.000000687. The van der Waals surface area contributed by atoms with E-state index in [1.54, 1.807) is 4.58 Å². The van der Waals surface area contributed by atoms with E-state index in [1.807, 2.05) is 7.05 Å². The number of nitrogens with two attached hydrogens (primary N) is 2. The number of halogens is 6. The lowest BCUT2D eigenvalue weighted by atomic mass is 10.2. The van der Waals surface area contributed by atoms with E-state index < -0.39 is 31.6 Å². The lowest BCUT2D eigenvalue weighted by molar-refractivity contribution is -0.499. The van der Waals surface area contributed by atoms with Gasteiger partial charge in [-0.3, -0.25) is 20.8 Å². The maximum atomic E-state index is 12.2. The van der Waals surface area contributed by atoms with Gasteiger partial charge in [0.25, 0.3) is 0 Å². The van der Waals surface area contributed by atoms with Crippen LogP contribution in [0.4, 0.5) is 26.3 Å². The number of carboxylic acid groups (broad SMARTS) is 2. The number of nitrogens with one attached hydrogen (secondary N) is 1. The molecule has 0 fully saturated rings. The van der Waals surface area contributed by atoms with E-state index in [0.717, 1.165) is 25.4 Å². The molecule has 9 nitrogen and oxygen atoms in total. The molecule has 0 bridgehead atoms. The van der Waals surface area contributed by atoms with Crippen LogP contribution < -0.4 is 42.9 Å². The van der Waals surface area contributed by atoms with Crippen molar-refractivity contribution >= 4 is 47.0 Å². The third kappa shape index (κ3) is 14.4. The van der Waals surface area contributed by atoms with Crippen molar-refractivity contribution < 1.29 is 55.5 Å². The number of hydrogen-bond donors (Lipinski definition) is 3. The SMILES string of the molecule is C[N+](CCCC(=O)NCCCC[P+](c1ccccc1)(c1ccccc1)c1ccccc1)=C(N)N.O=C([O-])C(F)(F)F.O=C([O-])C(F)(F)F. The highest BCUT2D eigenvalue weighted by Crippen LogP contribution is 2.55. The van der Waals surface area contributed by atoms with Crippen LogP contribution in [0.15, 0.2) is 91.0 Å². The Morgan fingerprint density at radius 1 is 0.688 bits per heavy atom. The van der Waals surface area contributed by atoms with Gasteiger partial charge in [0, 0.05) is 13.0 Å². The average molecular weight is 703 g/mol. The Morgan fingerprint density at radius 3 is 1.35 bits per heavy atom. The standard InChI is InChI=1S/C28H35N4OP.2C2HF3O2/c1-32(28(29)30)22-13-20-27(33)31-21-11-12-23-34(24-14-5-2-6-15-24,25-16-7-3-8-17-25)26-18-9-4-10-19-26;2*3-2(4,5)1(6)7/h2-10,14-19H,11-13,20-23H2,1H3,(H3-,29,30,31,33);2*(H,6,7). The second-order valence-electron chi connectivity index (χ2n) is 10.1. The highest BCUT2D eigenvalue weighted by Gasteiger charge is 2.44. The lowest BCUT2D eigenvalue weighted by Crippen LogP contribution is -2.37. The van der Waals surface area contributed by atoms with E-state index in [9.17, 15) is 31.1 Å². The number of carboxylic acids is 2. The van der Waals surface area contributed by atoms with Gasteiger partial charge in [0.1, 0.15) is 35.1 Å². The van der Waals surface area contributed by atoms with Crippen molar-refractivity contribution in [3.8, 4) is 0 Å². The van der Waals surface area contributed by atoms with Gasteiger partial charge in [-0.15, -0.1) is 0 Å². The van der Waals surface area contributed by atoms with Gasteiger partial charge >= 0.3 is 18.3 Å². The topological polar surface area (TPSA) is 164 Å². The van der Waals surface area contributed by atoms with Crippen molar-refractivity contribution in [1.29, 1.82) is 0 Å². The summed E-state index contributed by atoms with van der Waals surface area (Å²) in [5.74, 6) is -5.65. The molecule has 0 atom stereocenters. The normalized spacial score (nSPS) is 11.1. The number of rotatable bonds is 12. The molecule has 3 rings (SSSR count). The van der Waals surface area contributed by atoms with E-state index in [2.05, 4.69) is 96.3 Å². The molecule has 0 aliphatic rings. The Hall–Kier alpha value is -4.65. The zero-order valence-corrected chi connectivity index (χ0v) is 26.9. The summed E-state index contributed by atoms with van der Waals surface area (Å²) in [6.45, 7) is 1.37. The van der Waals surface area contributed by atoms with Crippen molar-refractivity contribution in [3.05, 3.63) is 91.0 Å². The fourth-order valence-corrected chi connectivity index (χ4v) is 8.69. The minimum absolute atomic E-state index is 0.0826. The molecule has 0 saturated carbocycles. The Labute approximate surface area is 274 Å². The van der Waals surface area contributed by atoms with Crippen molar-refractivity contribution in [2.45, 2.75) is 38.0 Å². The summed E-state index contributed by atoms with van der Waals surface area (Å²) in [5.41, 5.74) is 11.1. The number of carbonyl (C=O) groups excluding carboxylic acids is 3. The van der Waals surface area contributed by atoms with E-state index in [-0.39, 0.29) is 11.9 Å². The minimum Gasteiger partial charge on any atom is -0.542 e. The minimum atomic E-state index is -5.19. The summed E-state index contributed by atoms with van der Waals surface area (Å²) in [4.78, 5) is 29.8. The van der Waals surface area contributed by atoms with Crippen LogP contribution in [0.5, 0.6) is 0 Å². The Bertz CT molecular complexity index is 1330. The number of aliphatic carboxylic acids is 2. The number of nitrogens with zero attached hydrogens (tertiary/aromatic N) is 1. The average Bonchev–Trinajstić information content (AvgIpc) is 3.03. The third-order valence-corrected chi connectivity index (χ3v) is 11.2. The Kier molecular flexibility index (Phi) is 17.1. The maximum Gasteiger partial charge on any atom is 0.430 e. The Morgan fingerprint density at radius 2 is 1.04 bits per heavy atom. The third-order valence-electron chi connectivity index (χ3n) is 6.63. The molecular formula is C32H37F6N4O5P. The molecule has 262 valence electrons. The van der Waals surface area contributed by atoms with Crippen LogP contribution in [0.2, 0.25) is 0 Å². The van der Waals surface area contributed by atoms with Crippen LogP contribution in [0.25, 0.3) is 0 Å². The maximum absolute atomic E-state index is 12.2. The summed E-state index contributed by atoms with van der Waals surface area (Å²) in [6, 6.07) is 32.8. The van der Waals surface area contributed by atoms with Crippen molar-refractivity contribution in [2.24, 2.45) is 11.5 Å². The number of alkyl halides is 6. The van der Waals surface area contributed by atoms with Gasteiger partial charge < -0.3 is 25.1 Å². The van der Waals surface area contributed by atoms with Crippen LogP contribution in [-0.2, 0) is 14.4 Å². The zero-order chi connectivity index (χ0) is 36.4. The highest BCUT2D eigenvalue weighted by molar-refractivity contribution is 7.95. The number of benzene rings is 3. The number of guanidine groups is 1. The predicted octanol–water partition coefficient (Wildman–Crippen LogP) is 1.17. The summed E-state index contributed by atoms with van der Waals surface area (Å²) in [7, 11) is 0.0287. The first-order valence-electron chi connectivity index (χ1n) is 14.4. The molecule has 5 N–H and O–H groups in total. The number of hydrogen-bond acceptors (Lipinski definition) is 5. The molecule has 16 heteroatoms. The molecule has 0 spiro atoms. The lowest BCUT2D eigenvalue weighted by Gasteiger charge is -2.27. The highest BCUT2D eigenvalue weighted by atomic mass is 31.2. The van der Waals surface area contributed by atoms with Gasteiger partial charge in [0.05, 0.1) is 19.8 Å². The van der Waals surface area contributed by atoms with Crippen LogP contribution in [0, 0.1) is 0 Å². The fraction of sp³-hybridized carbons (Fsp3) is 0.312. The fourth-order valence-electron chi connectivity index (χ4n) is 4.28. The van der Waals surface area contributed by atoms with Gasteiger partial charge in [-0.2, -0.15) is 26.3 Å². The molecule has 0 unspecified atom stereocenters. The monoisotopic (exact) mass is 702 g/mol. The second kappa shape index (κ2) is 19.9. The van der Waals surface area contributed by atoms with E-state index in [0.29, 0.717) is 19.5 Å². The van der Waals surface area contributed by atoms with Crippen molar-refractivity contribution in [3.63, 3.8) is 0 Å². The van der Waals surface area contributed by atoms with Crippen LogP contribution in [0.1, 0.15) is 25.7 Å². The first-order chi connectivity index (χ1) is 22.4. The van der Waals surface area contributed by atoms with Gasteiger partial charge in [0.2, 0.25) is 5.91 Å². The molecule has 3 aromatic rings. The molecule has 0 aliphatic heterocycles. The summed E-state index contributed by atoms with van der Waals surface area (Å²) in [6.07, 6.45) is -6.13. The first-order valence-corrected chi connectivity index (χ1v) is 16.4. The van der Waals surface area contributed by atoms with Gasteiger partial charge in [0.15, 0.2) is 0 Å². The van der Waals surface area contributed by atoms with E-state index in [1.165, 1.54) is 15.9 Å².